The molecule has 0 aliphatic carbocycles. The molecule has 6 heteroatoms. The second-order valence-electron chi connectivity index (χ2n) is 4.21. The van der Waals surface area contributed by atoms with Crippen molar-refractivity contribution in [2.75, 3.05) is 0 Å². The molecular formula is C14H12BrNO3S. The molecule has 1 atom stereocenters. The third kappa shape index (κ3) is 3.53. The molecule has 1 amide bonds. The number of nitrogens with one attached hydrogen (secondary N) is 1. The summed E-state index contributed by atoms with van der Waals surface area (Å²) in [6, 6.07) is 10.2. The van der Waals surface area contributed by atoms with Crippen LogP contribution in [0, 0.1) is 6.92 Å². The van der Waals surface area contributed by atoms with Gasteiger partial charge in [0.05, 0.1) is 8.66 Å². The van der Waals surface area contributed by atoms with E-state index in [-0.39, 0.29) is 0 Å². The fraction of sp³-hybridized carbons (Fsp3) is 0.143. The van der Waals surface area contributed by atoms with Crippen LogP contribution < -0.4 is 5.32 Å². The molecular weight excluding hydrogens is 342 g/mol. The van der Waals surface area contributed by atoms with Crippen LogP contribution in [-0.4, -0.2) is 23.0 Å². The first-order valence-corrected chi connectivity index (χ1v) is 7.43. The SMILES string of the molecule is Cc1cccc(C(=O)NC(O)C(=O)c2ccc(Br)s2)c1. The van der Waals surface area contributed by atoms with Gasteiger partial charge in [0.25, 0.3) is 5.91 Å². The van der Waals surface area contributed by atoms with E-state index in [1.54, 1.807) is 30.3 Å². The molecule has 0 aliphatic rings. The van der Waals surface area contributed by atoms with Gasteiger partial charge in [-0.3, -0.25) is 9.59 Å². The highest BCUT2D eigenvalue weighted by Crippen LogP contribution is 2.23. The van der Waals surface area contributed by atoms with Crippen molar-refractivity contribution >= 4 is 39.0 Å². The van der Waals surface area contributed by atoms with Gasteiger partial charge in [-0.25, -0.2) is 0 Å². The monoisotopic (exact) mass is 353 g/mol. The van der Waals surface area contributed by atoms with Crippen molar-refractivity contribution in [3.05, 3.63) is 56.2 Å². The minimum absolute atomic E-state index is 0.383. The van der Waals surface area contributed by atoms with Crippen LogP contribution in [0.2, 0.25) is 0 Å². The van der Waals surface area contributed by atoms with E-state index in [9.17, 15) is 14.7 Å². The van der Waals surface area contributed by atoms with Crippen molar-refractivity contribution in [1.29, 1.82) is 0 Å². The number of Topliss-reactive ketones (excluding diaryl/α,β-unsaturated/α-hetero) is 1. The zero-order chi connectivity index (χ0) is 14.7. The van der Waals surface area contributed by atoms with Gasteiger partial charge in [-0.1, -0.05) is 17.7 Å². The molecule has 0 bridgehead atoms. The van der Waals surface area contributed by atoms with Crippen LogP contribution >= 0.6 is 27.3 Å². The Hall–Kier alpha value is -1.50. The van der Waals surface area contributed by atoms with Gasteiger partial charge in [0, 0.05) is 5.56 Å². The van der Waals surface area contributed by atoms with Gasteiger partial charge in [0.15, 0.2) is 6.23 Å². The largest absolute Gasteiger partial charge is 0.367 e. The van der Waals surface area contributed by atoms with Gasteiger partial charge >= 0.3 is 0 Å². The minimum Gasteiger partial charge on any atom is -0.367 e. The molecule has 0 radical (unpaired) electrons. The van der Waals surface area contributed by atoms with Crippen LogP contribution in [-0.2, 0) is 0 Å². The minimum atomic E-state index is -1.55. The first-order chi connectivity index (χ1) is 9.47. The number of hydrogen-bond acceptors (Lipinski definition) is 4. The number of halogens is 1. The summed E-state index contributed by atoms with van der Waals surface area (Å²) >= 11 is 4.45. The Bertz CT molecular complexity index is 653. The Morgan fingerprint density at radius 2 is 2.05 bits per heavy atom. The number of ketones is 1. The third-order valence-corrected chi connectivity index (χ3v) is 4.25. The first-order valence-electron chi connectivity index (χ1n) is 5.82. The molecule has 0 spiro atoms. The molecule has 4 nitrogen and oxygen atoms in total. The van der Waals surface area contributed by atoms with Gasteiger partial charge in [0.2, 0.25) is 5.78 Å². The lowest BCUT2D eigenvalue weighted by atomic mass is 10.1. The van der Waals surface area contributed by atoms with Crippen molar-refractivity contribution in [3.8, 4) is 0 Å². The number of benzene rings is 1. The zero-order valence-electron chi connectivity index (χ0n) is 10.6. The third-order valence-electron chi connectivity index (χ3n) is 2.61. The normalized spacial score (nSPS) is 11.9. The molecule has 104 valence electrons. The average Bonchev–Trinajstić information content (AvgIpc) is 2.84. The predicted molar refractivity (Wildman–Crippen MR) is 81.0 cm³/mol. The maximum Gasteiger partial charge on any atom is 0.253 e. The molecule has 2 aromatic rings. The van der Waals surface area contributed by atoms with Crippen LogP contribution in [0.1, 0.15) is 25.6 Å². The lowest BCUT2D eigenvalue weighted by molar-refractivity contribution is 0.0610. The molecule has 20 heavy (non-hydrogen) atoms. The van der Waals surface area contributed by atoms with Gasteiger partial charge in [0.1, 0.15) is 0 Å². The van der Waals surface area contributed by atoms with Gasteiger partial charge in [-0.05, 0) is 47.1 Å². The van der Waals surface area contributed by atoms with Crippen LogP contribution in [0.5, 0.6) is 0 Å². The lowest BCUT2D eigenvalue weighted by Gasteiger charge is -2.11. The molecule has 1 unspecified atom stereocenters. The summed E-state index contributed by atoms with van der Waals surface area (Å²) < 4.78 is 0.790. The van der Waals surface area contributed by atoms with Crippen molar-refractivity contribution < 1.29 is 14.7 Å². The predicted octanol–water partition coefficient (Wildman–Crippen LogP) is 2.75. The standard InChI is InChI=1S/C14H12BrNO3S/c1-8-3-2-4-9(7-8)13(18)16-14(19)12(17)10-5-6-11(15)20-10/h2-7,14,19H,1H3,(H,16,18). The van der Waals surface area contributed by atoms with E-state index in [1.165, 1.54) is 11.3 Å². The summed E-state index contributed by atoms with van der Waals surface area (Å²) in [5, 5.41) is 12.1. The number of aliphatic hydroxyl groups excluding tert-OH is 1. The molecule has 0 fully saturated rings. The van der Waals surface area contributed by atoms with Crippen molar-refractivity contribution in [2.45, 2.75) is 13.2 Å². The first kappa shape index (κ1) is 14.9. The summed E-state index contributed by atoms with van der Waals surface area (Å²) in [4.78, 5) is 24.2. The van der Waals surface area contributed by atoms with Crippen LogP contribution in [0.15, 0.2) is 40.2 Å². The molecule has 0 aliphatic heterocycles. The van der Waals surface area contributed by atoms with Gasteiger partial charge in [-0.15, -0.1) is 11.3 Å². The number of carbonyl (C=O) groups is 2. The smallest absolute Gasteiger partial charge is 0.253 e. The highest BCUT2D eigenvalue weighted by Gasteiger charge is 2.21. The summed E-state index contributed by atoms with van der Waals surface area (Å²) in [5.41, 5.74) is 1.34. The Balaban J connectivity index is 2.06. The highest BCUT2D eigenvalue weighted by atomic mass is 79.9. The lowest BCUT2D eigenvalue weighted by Crippen LogP contribution is -2.40. The number of thiophene rings is 1. The zero-order valence-corrected chi connectivity index (χ0v) is 13.0. The molecule has 0 saturated heterocycles. The summed E-state index contributed by atoms with van der Waals surface area (Å²) in [6.45, 7) is 1.86. The molecule has 1 heterocycles. The maximum absolute atomic E-state index is 11.9. The van der Waals surface area contributed by atoms with E-state index in [0.717, 1.165) is 9.35 Å². The summed E-state index contributed by atoms with van der Waals surface area (Å²) in [6.07, 6.45) is -1.55. The Labute approximate surface area is 128 Å². The number of aryl methyl sites for hydroxylation is 1. The van der Waals surface area contributed by atoms with E-state index in [4.69, 9.17) is 0 Å². The van der Waals surface area contributed by atoms with E-state index < -0.39 is 17.9 Å². The van der Waals surface area contributed by atoms with Crippen molar-refractivity contribution in [3.63, 3.8) is 0 Å². The van der Waals surface area contributed by atoms with Crippen LogP contribution in [0.4, 0.5) is 0 Å². The summed E-state index contributed by atoms with van der Waals surface area (Å²) in [7, 11) is 0. The average molecular weight is 354 g/mol. The molecule has 2 rings (SSSR count). The molecule has 2 N–H and O–H groups in total. The van der Waals surface area contributed by atoms with Crippen LogP contribution in [0.3, 0.4) is 0 Å². The van der Waals surface area contributed by atoms with Gasteiger partial charge < -0.3 is 10.4 Å². The van der Waals surface area contributed by atoms with Crippen molar-refractivity contribution in [2.24, 2.45) is 0 Å². The topological polar surface area (TPSA) is 66.4 Å². The van der Waals surface area contributed by atoms with Gasteiger partial charge in [-0.2, -0.15) is 0 Å². The number of amides is 1. The Morgan fingerprint density at radius 1 is 1.30 bits per heavy atom. The molecule has 1 aromatic carbocycles. The van der Waals surface area contributed by atoms with E-state index in [1.807, 2.05) is 13.0 Å². The Morgan fingerprint density at radius 3 is 2.65 bits per heavy atom. The number of carbonyl (C=O) groups excluding carboxylic acids is 2. The van der Waals surface area contributed by atoms with E-state index >= 15 is 0 Å². The highest BCUT2D eigenvalue weighted by molar-refractivity contribution is 9.11. The Kier molecular flexibility index (Phi) is 4.69. The molecule has 0 saturated carbocycles. The second-order valence-corrected chi connectivity index (χ2v) is 6.68. The number of hydrogen-bond donors (Lipinski definition) is 2. The quantitative estimate of drug-likeness (QED) is 0.656. The second kappa shape index (κ2) is 6.30. The van der Waals surface area contributed by atoms with Crippen LogP contribution in [0.25, 0.3) is 0 Å². The fourth-order valence-corrected chi connectivity index (χ4v) is 2.99. The molecule has 1 aromatic heterocycles. The number of aliphatic hydroxyl groups is 1. The fourth-order valence-electron chi connectivity index (χ4n) is 1.64. The van der Waals surface area contributed by atoms with E-state index in [2.05, 4.69) is 21.2 Å². The summed E-state index contributed by atoms with van der Waals surface area (Å²) in [5.74, 6) is -1.01. The van der Waals surface area contributed by atoms with E-state index in [0.29, 0.717) is 10.4 Å². The number of rotatable bonds is 4. The van der Waals surface area contributed by atoms with Crippen molar-refractivity contribution in [1.82, 2.24) is 5.32 Å². The maximum atomic E-state index is 11.9.